The Balaban J connectivity index is 2.14. The molecule has 0 spiro atoms. The van der Waals surface area contributed by atoms with Crippen molar-refractivity contribution in [3.05, 3.63) is 46.8 Å². The highest BCUT2D eigenvalue weighted by Crippen LogP contribution is 2.35. The molecule has 0 bridgehead atoms. The van der Waals surface area contributed by atoms with Crippen LogP contribution >= 0.6 is 0 Å². The molecule has 0 unspecified atom stereocenters. The zero-order valence-corrected chi connectivity index (χ0v) is 12.7. The summed E-state index contributed by atoms with van der Waals surface area (Å²) < 4.78 is 45.5. The minimum Gasteiger partial charge on any atom is -0.465 e. The van der Waals surface area contributed by atoms with E-state index >= 15 is 0 Å². The molecule has 1 N–H and O–H groups in total. The Hall–Kier alpha value is -2.39. The lowest BCUT2D eigenvalue weighted by Gasteiger charge is -2.22. The summed E-state index contributed by atoms with van der Waals surface area (Å²) in [6.07, 6.45) is -4.43. The highest BCUT2D eigenvalue weighted by Gasteiger charge is 2.40. The van der Waals surface area contributed by atoms with E-state index in [1.54, 1.807) is 12.1 Å². The summed E-state index contributed by atoms with van der Waals surface area (Å²) >= 11 is 0. The Bertz CT molecular complexity index is 786. The van der Waals surface area contributed by atoms with Gasteiger partial charge in [0, 0.05) is 18.5 Å². The molecule has 1 aromatic heterocycles. The van der Waals surface area contributed by atoms with Crippen molar-refractivity contribution in [2.45, 2.75) is 19.1 Å². The summed E-state index contributed by atoms with van der Waals surface area (Å²) in [4.78, 5) is 11.6. The van der Waals surface area contributed by atoms with Gasteiger partial charge in [0.1, 0.15) is 0 Å². The first-order valence-corrected chi connectivity index (χ1v) is 7.12. The van der Waals surface area contributed by atoms with Crippen LogP contribution in [-0.2, 0) is 23.9 Å². The molecule has 0 atom stereocenters. The van der Waals surface area contributed by atoms with Crippen molar-refractivity contribution in [1.29, 1.82) is 0 Å². The average molecular weight is 341 g/mol. The molecule has 0 saturated carbocycles. The van der Waals surface area contributed by atoms with Crippen molar-refractivity contribution in [3.63, 3.8) is 0 Å². The van der Waals surface area contributed by atoms with Gasteiger partial charge in [0.25, 0.3) is 0 Å². The molecule has 1 aliphatic rings. The van der Waals surface area contributed by atoms with Gasteiger partial charge in [-0.25, -0.2) is 9.48 Å². The van der Waals surface area contributed by atoms with Gasteiger partial charge in [0.2, 0.25) is 0 Å². The number of nitrogens with zero attached hydrogens (tertiary/aromatic N) is 3. The van der Waals surface area contributed by atoms with Gasteiger partial charge in [0.05, 0.1) is 30.6 Å². The monoisotopic (exact) mass is 341 g/mol. The number of benzene rings is 1. The van der Waals surface area contributed by atoms with Gasteiger partial charge in [-0.1, -0.05) is 6.07 Å². The van der Waals surface area contributed by atoms with Gasteiger partial charge in [0.15, 0.2) is 5.69 Å². The van der Waals surface area contributed by atoms with Crippen molar-refractivity contribution in [3.8, 4) is 5.69 Å². The molecule has 3 rings (SSSR count). The maximum Gasteiger partial charge on any atom is 0.435 e. The van der Waals surface area contributed by atoms with Crippen LogP contribution in [0.25, 0.3) is 5.69 Å². The number of halogens is 3. The predicted molar refractivity (Wildman–Crippen MR) is 75.8 cm³/mol. The minimum atomic E-state index is -4.63. The zero-order valence-electron chi connectivity index (χ0n) is 12.7. The number of ether oxygens (including phenoxy) is 1. The van der Waals surface area contributed by atoms with E-state index in [-0.39, 0.29) is 30.6 Å². The van der Waals surface area contributed by atoms with Crippen LogP contribution in [-0.4, -0.2) is 39.7 Å². The largest absolute Gasteiger partial charge is 0.465 e. The minimum absolute atomic E-state index is 0.0558. The quantitative estimate of drug-likeness (QED) is 0.850. The fourth-order valence-electron chi connectivity index (χ4n) is 2.73. The van der Waals surface area contributed by atoms with Crippen LogP contribution in [0, 0.1) is 0 Å². The maximum absolute atomic E-state index is 13.2. The Morgan fingerprint density at radius 2 is 2.12 bits per heavy atom. The van der Waals surface area contributed by atoms with Gasteiger partial charge in [-0.3, -0.25) is 0 Å². The van der Waals surface area contributed by atoms with Gasteiger partial charge in [-0.05, 0) is 18.2 Å². The second kappa shape index (κ2) is 5.91. The molecule has 128 valence electrons. The van der Waals surface area contributed by atoms with Crippen LogP contribution < -0.4 is 0 Å². The first-order chi connectivity index (χ1) is 11.3. The molecule has 0 amide bonds. The third kappa shape index (κ3) is 2.87. The topological polar surface area (TPSA) is 67.6 Å². The number of carbonyl (C=O) groups is 1. The molecule has 0 fully saturated rings. The first kappa shape index (κ1) is 16.5. The third-order valence-electron chi connectivity index (χ3n) is 3.82. The van der Waals surface area contributed by atoms with Crippen LogP contribution in [0.2, 0.25) is 0 Å². The van der Waals surface area contributed by atoms with Crippen molar-refractivity contribution in [1.82, 2.24) is 14.8 Å². The number of esters is 1. The molecule has 1 aromatic carbocycles. The van der Waals surface area contributed by atoms with E-state index in [0.717, 1.165) is 5.06 Å². The number of rotatable bonds is 2. The number of alkyl halides is 3. The predicted octanol–water partition coefficient (Wildman–Crippen LogP) is 2.43. The van der Waals surface area contributed by atoms with Gasteiger partial charge < -0.3 is 9.94 Å². The van der Waals surface area contributed by atoms with E-state index in [0.29, 0.717) is 11.4 Å². The second-order valence-corrected chi connectivity index (χ2v) is 5.36. The van der Waals surface area contributed by atoms with Gasteiger partial charge >= 0.3 is 12.1 Å². The Morgan fingerprint density at radius 1 is 1.38 bits per heavy atom. The molecule has 24 heavy (non-hydrogen) atoms. The van der Waals surface area contributed by atoms with Gasteiger partial charge in [-0.15, -0.1) is 0 Å². The lowest BCUT2D eigenvalue weighted by molar-refractivity contribution is -0.144. The normalized spacial score (nSPS) is 15.2. The lowest BCUT2D eigenvalue weighted by atomic mass is 10.1. The SMILES string of the molecule is COC(=O)c1cccc(-n2nc(C(F)(F)F)c3c2CCN(O)C3)c1. The number of methoxy groups -OCH3 is 1. The molecule has 1 aliphatic heterocycles. The summed E-state index contributed by atoms with van der Waals surface area (Å²) in [6.45, 7) is -0.0481. The van der Waals surface area contributed by atoms with Crippen LogP contribution in [0.15, 0.2) is 24.3 Å². The Labute approximate surface area is 135 Å². The van der Waals surface area contributed by atoms with E-state index in [4.69, 9.17) is 0 Å². The van der Waals surface area contributed by atoms with E-state index in [1.165, 1.54) is 23.9 Å². The number of hydroxylamine groups is 2. The third-order valence-corrected chi connectivity index (χ3v) is 3.82. The van der Waals surface area contributed by atoms with Crippen LogP contribution in [0.4, 0.5) is 13.2 Å². The molecule has 9 heteroatoms. The molecule has 0 radical (unpaired) electrons. The number of aromatic nitrogens is 2. The number of fused-ring (bicyclic) bond motifs is 1. The highest BCUT2D eigenvalue weighted by atomic mass is 19.4. The van der Waals surface area contributed by atoms with E-state index in [1.807, 2.05) is 0 Å². The fraction of sp³-hybridized carbons (Fsp3) is 0.333. The molecular formula is C15H14F3N3O3. The van der Waals surface area contributed by atoms with Crippen molar-refractivity contribution in [2.24, 2.45) is 0 Å². The summed E-state index contributed by atoms with van der Waals surface area (Å²) in [5.41, 5.74) is -0.169. The summed E-state index contributed by atoms with van der Waals surface area (Å²) in [7, 11) is 1.22. The van der Waals surface area contributed by atoms with E-state index < -0.39 is 17.8 Å². The molecule has 2 aromatic rings. The molecule has 0 saturated heterocycles. The van der Waals surface area contributed by atoms with Crippen molar-refractivity contribution < 1.29 is 27.9 Å². The Morgan fingerprint density at radius 3 is 2.79 bits per heavy atom. The number of hydrogen-bond acceptors (Lipinski definition) is 5. The van der Waals surface area contributed by atoms with Crippen LogP contribution in [0.3, 0.4) is 0 Å². The second-order valence-electron chi connectivity index (χ2n) is 5.36. The summed E-state index contributed by atoms with van der Waals surface area (Å²) in [5, 5.41) is 14.1. The smallest absolute Gasteiger partial charge is 0.435 e. The maximum atomic E-state index is 13.2. The first-order valence-electron chi connectivity index (χ1n) is 7.12. The van der Waals surface area contributed by atoms with Crippen LogP contribution in [0.1, 0.15) is 27.3 Å². The summed E-state index contributed by atoms with van der Waals surface area (Å²) in [6, 6.07) is 6.03. The van der Waals surface area contributed by atoms with Crippen molar-refractivity contribution >= 4 is 5.97 Å². The molecule has 0 aliphatic carbocycles. The lowest BCUT2D eigenvalue weighted by Crippen LogP contribution is -2.28. The standard InChI is InChI=1S/C15H14F3N3O3/c1-24-14(22)9-3-2-4-10(7-9)21-12-5-6-20(23)8-11(12)13(19-21)15(16,17)18/h2-4,7,23H,5-6,8H2,1H3. The zero-order chi connectivity index (χ0) is 17.5. The van der Waals surface area contributed by atoms with Gasteiger partial charge in [-0.2, -0.15) is 23.3 Å². The fourth-order valence-corrected chi connectivity index (χ4v) is 2.73. The van der Waals surface area contributed by atoms with Crippen molar-refractivity contribution in [2.75, 3.05) is 13.7 Å². The Kier molecular flexibility index (Phi) is 4.06. The highest BCUT2D eigenvalue weighted by molar-refractivity contribution is 5.89. The molecular weight excluding hydrogens is 327 g/mol. The number of hydrogen-bond donors (Lipinski definition) is 1. The molecule has 6 nitrogen and oxygen atoms in total. The molecule has 2 heterocycles. The van der Waals surface area contributed by atoms with E-state index in [2.05, 4.69) is 9.84 Å². The van der Waals surface area contributed by atoms with Crippen LogP contribution in [0.5, 0.6) is 0 Å². The summed E-state index contributed by atoms with van der Waals surface area (Å²) in [5.74, 6) is -0.588. The average Bonchev–Trinajstić information content (AvgIpc) is 2.93. The van der Waals surface area contributed by atoms with E-state index in [9.17, 15) is 23.2 Å². The number of carbonyl (C=O) groups excluding carboxylic acids is 1.